The minimum Gasteiger partial charge on any atom is -0.338 e. The Morgan fingerprint density at radius 2 is 2.11 bits per heavy atom. The molecule has 96 valence electrons. The van der Waals surface area contributed by atoms with E-state index < -0.39 is 0 Å². The first-order valence-corrected chi connectivity index (χ1v) is 5.90. The summed E-state index contributed by atoms with van der Waals surface area (Å²) in [6.45, 7) is 4.02. The Kier molecular flexibility index (Phi) is 5.64. The summed E-state index contributed by atoms with van der Waals surface area (Å²) in [6.07, 6.45) is 4.73. The summed E-state index contributed by atoms with van der Waals surface area (Å²) >= 11 is 0. The van der Waals surface area contributed by atoms with Gasteiger partial charge in [0.05, 0.1) is 0 Å². The zero-order chi connectivity index (χ0) is 13.4. The molecule has 0 fully saturated rings. The first kappa shape index (κ1) is 14.0. The van der Waals surface area contributed by atoms with Crippen LogP contribution in [0.1, 0.15) is 30.6 Å². The third kappa shape index (κ3) is 4.82. The molecule has 4 heteroatoms. The minimum atomic E-state index is -0.264. The lowest BCUT2D eigenvalue weighted by atomic mass is 10.1. The molecule has 0 spiro atoms. The summed E-state index contributed by atoms with van der Waals surface area (Å²) < 4.78 is 0. The zero-order valence-corrected chi connectivity index (χ0v) is 10.7. The van der Waals surface area contributed by atoms with Crippen LogP contribution in [0.15, 0.2) is 36.4 Å². The van der Waals surface area contributed by atoms with Gasteiger partial charge in [-0.05, 0) is 32.4 Å². The molecule has 0 heterocycles. The minimum absolute atomic E-state index is 0.0212. The Morgan fingerprint density at radius 3 is 2.78 bits per heavy atom. The fourth-order valence-corrected chi connectivity index (χ4v) is 1.43. The van der Waals surface area contributed by atoms with Crippen LogP contribution in [0.5, 0.6) is 0 Å². The number of nitrogens with one attached hydrogen (secondary N) is 2. The fourth-order valence-electron chi connectivity index (χ4n) is 1.43. The number of ketones is 1. The predicted molar refractivity (Wildman–Crippen MR) is 72.9 cm³/mol. The molecule has 0 saturated heterocycles. The molecule has 2 amide bonds. The second kappa shape index (κ2) is 7.27. The second-order valence-electron chi connectivity index (χ2n) is 3.88. The van der Waals surface area contributed by atoms with Gasteiger partial charge in [-0.1, -0.05) is 24.3 Å². The number of rotatable bonds is 5. The number of Topliss-reactive ketones (excluding diaryl/α,β-unsaturated/α-hetero) is 1. The van der Waals surface area contributed by atoms with E-state index in [0.29, 0.717) is 17.8 Å². The van der Waals surface area contributed by atoms with E-state index in [0.717, 1.165) is 6.42 Å². The van der Waals surface area contributed by atoms with Crippen LogP contribution in [0.2, 0.25) is 0 Å². The van der Waals surface area contributed by atoms with Gasteiger partial charge in [0.15, 0.2) is 5.78 Å². The Bertz CT molecular complexity index is 453. The van der Waals surface area contributed by atoms with Crippen molar-refractivity contribution in [3.8, 4) is 0 Å². The predicted octanol–water partition coefficient (Wildman–Crippen LogP) is 2.98. The molecular formula is C14H18N2O2. The van der Waals surface area contributed by atoms with E-state index in [-0.39, 0.29) is 11.8 Å². The Labute approximate surface area is 107 Å². The van der Waals surface area contributed by atoms with Crippen molar-refractivity contribution >= 4 is 17.5 Å². The van der Waals surface area contributed by atoms with Crippen molar-refractivity contribution in [1.82, 2.24) is 5.32 Å². The first-order chi connectivity index (χ1) is 8.63. The molecule has 0 aliphatic heterocycles. The zero-order valence-electron chi connectivity index (χ0n) is 10.7. The smallest absolute Gasteiger partial charge is 0.319 e. The molecule has 0 atom stereocenters. The van der Waals surface area contributed by atoms with E-state index in [9.17, 15) is 9.59 Å². The maximum atomic E-state index is 11.5. The number of anilines is 1. The number of allylic oxidation sites excluding steroid dienone is 1. The Hall–Kier alpha value is -2.10. The number of carbonyl (C=O) groups is 2. The quantitative estimate of drug-likeness (QED) is 0.476. The van der Waals surface area contributed by atoms with Crippen LogP contribution in [-0.2, 0) is 0 Å². The third-order valence-electron chi connectivity index (χ3n) is 2.36. The molecule has 0 radical (unpaired) electrons. The highest BCUT2D eigenvalue weighted by molar-refractivity contribution is 5.96. The van der Waals surface area contributed by atoms with Crippen molar-refractivity contribution in [3.05, 3.63) is 42.0 Å². The van der Waals surface area contributed by atoms with Crippen LogP contribution in [-0.4, -0.2) is 18.4 Å². The average Bonchev–Trinajstić information content (AvgIpc) is 2.35. The molecule has 1 aromatic carbocycles. The normalized spacial score (nSPS) is 10.3. The number of hydrogen-bond donors (Lipinski definition) is 2. The highest BCUT2D eigenvalue weighted by Gasteiger charge is 2.03. The van der Waals surface area contributed by atoms with Gasteiger partial charge >= 0.3 is 6.03 Å². The molecule has 0 aliphatic carbocycles. The number of urea groups is 1. The fraction of sp³-hybridized carbons (Fsp3) is 0.286. The molecule has 0 bridgehead atoms. The summed E-state index contributed by atoms with van der Waals surface area (Å²) in [4.78, 5) is 22.7. The Morgan fingerprint density at radius 1 is 1.33 bits per heavy atom. The molecule has 2 N–H and O–H groups in total. The van der Waals surface area contributed by atoms with Crippen molar-refractivity contribution in [3.63, 3.8) is 0 Å². The summed E-state index contributed by atoms with van der Waals surface area (Å²) in [7, 11) is 0. The van der Waals surface area contributed by atoms with E-state index in [1.54, 1.807) is 24.3 Å². The van der Waals surface area contributed by atoms with Gasteiger partial charge in [0.2, 0.25) is 0 Å². The monoisotopic (exact) mass is 246 g/mol. The van der Waals surface area contributed by atoms with Gasteiger partial charge in [0, 0.05) is 17.8 Å². The van der Waals surface area contributed by atoms with Crippen molar-refractivity contribution in [2.24, 2.45) is 0 Å². The van der Waals surface area contributed by atoms with Crippen molar-refractivity contribution in [1.29, 1.82) is 0 Å². The lowest BCUT2D eigenvalue weighted by Gasteiger charge is -2.07. The molecule has 0 aliphatic rings. The molecule has 0 unspecified atom stereocenters. The van der Waals surface area contributed by atoms with E-state index in [1.165, 1.54) is 6.92 Å². The van der Waals surface area contributed by atoms with E-state index in [4.69, 9.17) is 0 Å². The highest BCUT2D eigenvalue weighted by Crippen LogP contribution is 2.10. The number of amides is 2. The van der Waals surface area contributed by atoms with Crippen molar-refractivity contribution in [2.45, 2.75) is 20.3 Å². The second-order valence-corrected chi connectivity index (χ2v) is 3.88. The van der Waals surface area contributed by atoms with E-state index in [2.05, 4.69) is 10.6 Å². The topological polar surface area (TPSA) is 58.2 Å². The first-order valence-electron chi connectivity index (χ1n) is 5.90. The maximum absolute atomic E-state index is 11.5. The van der Waals surface area contributed by atoms with Crippen molar-refractivity contribution < 1.29 is 9.59 Å². The number of benzene rings is 1. The Balaban J connectivity index is 2.49. The van der Waals surface area contributed by atoms with E-state index >= 15 is 0 Å². The van der Waals surface area contributed by atoms with Crippen molar-refractivity contribution in [2.75, 3.05) is 11.9 Å². The third-order valence-corrected chi connectivity index (χ3v) is 2.36. The van der Waals surface area contributed by atoms with Crippen LogP contribution in [0.25, 0.3) is 0 Å². The van der Waals surface area contributed by atoms with Gasteiger partial charge < -0.3 is 10.6 Å². The molecule has 1 rings (SSSR count). The summed E-state index contributed by atoms with van der Waals surface area (Å²) in [5, 5.41) is 5.42. The molecule has 4 nitrogen and oxygen atoms in total. The van der Waals surface area contributed by atoms with E-state index in [1.807, 2.05) is 19.1 Å². The summed E-state index contributed by atoms with van der Waals surface area (Å²) in [5.74, 6) is -0.0212. The number of hydrogen-bond acceptors (Lipinski definition) is 2. The average molecular weight is 246 g/mol. The molecule has 0 aromatic heterocycles. The standard InChI is InChI=1S/C14H18N2O2/c1-3-4-5-9-15-14(18)16-13-8-6-7-12(10-13)11(2)17/h3-4,6-8,10H,5,9H2,1-2H3,(H2,15,16,18)/b4-3+. The van der Waals surface area contributed by atoms with Gasteiger partial charge in [-0.3, -0.25) is 4.79 Å². The largest absolute Gasteiger partial charge is 0.338 e. The highest BCUT2D eigenvalue weighted by atomic mass is 16.2. The van der Waals surface area contributed by atoms with Gasteiger partial charge in [0.1, 0.15) is 0 Å². The van der Waals surface area contributed by atoms with Crippen LogP contribution in [0, 0.1) is 0 Å². The molecule has 0 saturated carbocycles. The lowest BCUT2D eigenvalue weighted by molar-refractivity contribution is 0.101. The maximum Gasteiger partial charge on any atom is 0.319 e. The molecular weight excluding hydrogens is 228 g/mol. The number of carbonyl (C=O) groups excluding carboxylic acids is 2. The van der Waals surface area contributed by atoms with Crippen LogP contribution in [0.4, 0.5) is 10.5 Å². The molecule has 18 heavy (non-hydrogen) atoms. The van der Waals surface area contributed by atoms with Crippen LogP contribution in [0.3, 0.4) is 0 Å². The van der Waals surface area contributed by atoms with Gasteiger partial charge in [0.25, 0.3) is 0 Å². The van der Waals surface area contributed by atoms with Gasteiger partial charge in [-0.2, -0.15) is 0 Å². The lowest BCUT2D eigenvalue weighted by Crippen LogP contribution is -2.29. The summed E-state index contributed by atoms with van der Waals surface area (Å²) in [5.41, 5.74) is 1.20. The van der Waals surface area contributed by atoms with Gasteiger partial charge in [-0.15, -0.1) is 0 Å². The van der Waals surface area contributed by atoms with Crippen LogP contribution < -0.4 is 10.6 Å². The van der Waals surface area contributed by atoms with Gasteiger partial charge in [-0.25, -0.2) is 4.79 Å². The van der Waals surface area contributed by atoms with Crippen LogP contribution >= 0.6 is 0 Å². The summed E-state index contributed by atoms with van der Waals surface area (Å²) in [6, 6.07) is 6.61. The SMILES string of the molecule is C/C=C/CCNC(=O)Nc1cccc(C(C)=O)c1. The molecule has 1 aromatic rings.